The smallest absolute Gasteiger partial charge is 0.310 e. The Labute approximate surface area is 298 Å². The van der Waals surface area contributed by atoms with Gasteiger partial charge in [-0.05, 0) is 70.8 Å². The van der Waals surface area contributed by atoms with Crippen LogP contribution >= 0.6 is 0 Å². The highest BCUT2D eigenvalue weighted by Crippen LogP contribution is 2.40. The molecule has 3 aromatic rings. The first kappa shape index (κ1) is 38.6. The number of anilines is 2. The molecular weight excluding hydrogens is 657 g/mol. The van der Waals surface area contributed by atoms with Crippen molar-refractivity contribution in [2.45, 2.75) is 39.2 Å². The van der Waals surface area contributed by atoms with Crippen LogP contribution < -0.4 is 30.7 Å². The van der Waals surface area contributed by atoms with E-state index in [0.29, 0.717) is 48.0 Å². The van der Waals surface area contributed by atoms with Crippen LogP contribution in [0.25, 0.3) is 0 Å². The number of amides is 1. The largest absolute Gasteiger partial charge is 0.491 e. The number of ether oxygens (including phenoxy) is 3. The van der Waals surface area contributed by atoms with E-state index in [1.807, 2.05) is 13.1 Å². The molecule has 1 aliphatic rings. The standard InChI is InChI=1S/C36H48FN9O5/c1-36(2,3)51-30(47)20-24-8-9-26(21-28(24)37)46-17-15-45(16-18-46)14-7-19-50-29-11-10-27(31(40-5)32(29)49-6)33(41-13-12-39-4)44-34(48)25-22-42-35(38)43-23-25/h8-11,21-23,39H,5,7,12-20H2,1-4,6H3,(H2,38,42,43)(H,41,44,48). The molecule has 1 saturated heterocycles. The molecule has 4 rings (SSSR count). The fourth-order valence-corrected chi connectivity index (χ4v) is 5.43. The molecule has 4 N–H and O–H groups in total. The summed E-state index contributed by atoms with van der Waals surface area (Å²) in [7, 11) is 3.33. The number of aromatic nitrogens is 2. The number of likely N-dealkylation sites (N-methyl/N-ethyl adjacent to an activating group) is 1. The Balaban J connectivity index is 1.32. The van der Waals surface area contributed by atoms with Crippen LogP contribution in [-0.4, -0.2) is 111 Å². The first-order chi connectivity index (χ1) is 24.4. The number of nitrogens with one attached hydrogen (secondary N) is 2. The minimum Gasteiger partial charge on any atom is -0.491 e. The van der Waals surface area contributed by atoms with Crippen LogP contribution in [0.15, 0.2) is 52.7 Å². The number of nitrogens with two attached hydrogens (primary N) is 1. The molecule has 0 spiro atoms. The van der Waals surface area contributed by atoms with Crippen molar-refractivity contribution in [2.75, 3.05) is 77.2 Å². The van der Waals surface area contributed by atoms with E-state index in [2.05, 4.69) is 47.1 Å². The summed E-state index contributed by atoms with van der Waals surface area (Å²) in [5.74, 6) is -0.138. The molecule has 1 fully saturated rings. The average molecular weight is 706 g/mol. The van der Waals surface area contributed by atoms with Crippen molar-refractivity contribution in [1.29, 1.82) is 0 Å². The van der Waals surface area contributed by atoms with Gasteiger partial charge in [-0.2, -0.15) is 0 Å². The number of esters is 1. The first-order valence-electron chi connectivity index (χ1n) is 16.8. The third kappa shape index (κ3) is 11.2. The Bertz CT molecular complexity index is 1690. The number of nitrogen functional groups attached to an aromatic ring is 1. The van der Waals surface area contributed by atoms with E-state index >= 15 is 0 Å². The van der Waals surface area contributed by atoms with Gasteiger partial charge in [0, 0.05) is 62.9 Å². The predicted molar refractivity (Wildman–Crippen MR) is 196 cm³/mol. The number of amidine groups is 1. The lowest BCUT2D eigenvalue weighted by atomic mass is 10.1. The Morgan fingerprint density at radius 2 is 1.82 bits per heavy atom. The molecule has 2 aromatic carbocycles. The van der Waals surface area contributed by atoms with Gasteiger partial charge < -0.3 is 35.5 Å². The molecule has 0 unspecified atom stereocenters. The van der Waals surface area contributed by atoms with E-state index in [-0.39, 0.29) is 23.8 Å². The van der Waals surface area contributed by atoms with E-state index in [9.17, 15) is 14.0 Å². The highest BCUT2D eigenvalue weighted by atomic mass is 19.1. The van der Waals surface area contributed by atoms with E-state index in [1.165, 1.54) is 25.6 Å². The lowest BCUT2D eigenvalue weighted by Gasteiger charge is -2.36. The SMILES string of the molecule is C=Nc1c(C(=NCCNC)NC(=O)c2cnc(N)nc2)ccc(OCCCN2CCN(c3ccc(CC(=O)OC(C)(C)C)c(F)c3)CC2)c1OC. The second kappa shape index (κ2) is 18.2. The zero-order valence-electron chi connectivity index (χ0n) is 30.0. The number of rotatable bonds is 15. The summed E-state index contributed by atoms with van der Waals surface area (Å²) in [4.78, 5) is 46.2. The third-order valence-corrected chi connectivity index (χ3v) is 7.92. The maximum absolute atomic E-state index is 14.9. The number of carbonyl (C=O) groups excluding carboxylic acids is 2. The maximum atomic E-state index is 14.9. The minimum absolute atomic E-state index is 0.0603. The van der Waals surface area contributed by atoms with Crippen LogP contribution in [0.3, 0.4) is 0 Å². The molecule has 0 radical (unpaired) electrons. The van der Waals surface area contributed by atoms with Crippen LogP contribution in [0.2, 0.25) is 0 Å². The second-order valence-electron chi connectivity index (χ2n) is 12.8. The van der Waals surface area contributed by atoms with Crippen molar-refractivity contribution in [3.8, 4) is 11.5 Å². The molecule has 1 aliphatic heterocycles. The zero-order chi connectivity index (χ0) is 37.0. The van der Waals surface area contributed by atoms with Crippen molar-refractivity contribution < 1.29 is 28.2 Å². The van der Waals surface area contributed by atoms with Crippen molar-refractivity contribution in [2.24, 2.45) is 9.98 Å². The van der Waals surface area contributed by atoms with Crippen LogP contribution in [0.5, 0.6) is 11.5 Å². The van der Waals surface area contributed by atoms with Gasteiger partial charge in [0.05, 0.1) is 32.2 Å². The lowest BCUT2D eigenvalue weighted by molar-refractivity contribution is -0.154. The van der Waals surface area contributed by atoms with Gasteiger partial charge >= 0.3 is 5.97 Å². The topological polar surface area (TPSA) is 169 Å². The summed E-state index contributed by atoms with van der Waals surface area (Å²) in [6, 6.07) is 8.53. The van der Waals surface area contributed by atoms with Gasteiger partial charge in [0.2, 0.25) is 5.95 Å². The highest BCUT2D eigenvalue weighted by molar-refractivity contribution is 6.15. The highest BCUT2D eigenvalue weighted by Gasteiger charge is 2.23. The van der Waals surface area contributed by atoms with Crippen LogP contribution in [0, 0.1) is 5.82 Å². The molecule has 1 amide bonds. The Kier molecular flexibility index (Phi) is 13.8. The molecule has 274 valence electrons. The van der Waals surface area contributed by atoms with Crippen LogP contribution in [-0.2, 0) is 16.0 Å². The Hall–Kier alpha value is -5.15. The Morgan fingerprint density at radius 3 is 2.45 bits per heavy atom. The zero-order valence-corrected chi connectivity index (χ0v) is 30.0. The number of aliphatic imine (C=N–C) groups is 2. The molecule has 0 saturated carbocycles. The van der Waals surface area contributed by atoms with Crippen molar-refractivity contribution in [1.82, 2.24) is 25.5 Å². The van der Waals surface area contributed by atoms with Crippen molar-refractivity contribution >= 4 is 41.8 Å². The Morgan fingerprint density at radius 1 is 1.10 bits per heavy atom. The molecule has 1 aromatic heterocycles. The minimum atomic E-state index is -0.617. The molecule has 0 bridgehead atoms. The molecule has 51 heavy (non-hydrogen) atoms. The lowest BCUT2D eigenvalue weighted by Crippen LogP contribution is -2.46. The van der Waals surface area contributed by atoms with Crippen LogP contribution in [0.4, 0.5) is 21.7 Å². The maximum Gasteiger partial charge on any atom is 0.310 e. The van der Waals surface area contributed by atoms with E-state index in [1.54, 1.807) is 39.0 Å². The van der Waals surface area contributed by atoms with E-state index < -0.39 is 23.3 Å². The van der Waals surface area contributed by atoms with Gasteiger partial charge in [-0.3, -0.25) is 24.5 Å². The molecule has 0 atom stereocenters. The molecule has 0 aliphatic carbocycles. The average Bonchev–Trinajstić information content (AvgIpc) is 3.10. The number of halogens is 1. The van der Waals surface area contributed by atoms with Crippen LogP contribution in [0.1, 0.15) is 48.7 Å². The van der Waals surface area contributed by atoms with Gasteiger partial charge in [-0.15, -0.1) is 0 Å². The number of carbonyl (C=O) groups is 2. The fourth-order valence-electron chi connectivity index (χ4n) is 5.43. The monoisotopic (exact) mass is 705 g/mol. The first-order valence-corrected chi connectivity index (χ1v) is 16.8. The third-order valence-electron chi connectivity index (χ3n) is 7.92. The van der Waals surface area contributed by atoms with Gasteiger partial charge in [0.1, 0.15) is 22.9 Å². The van der Waals surface area contributed by atoms with Crippen molar-refractivity contribution in [3.63, 3.8) is 0 Å². The van der Waals surface area contributed by atoms with E-state index in [4.69, 9.17) is 19.9 Å². The van der Waals surface area contributed by atoms with Crippen molar-refractivity contribution in [3.05, 3.63) is 65.2 Å². The van der Waals surface area contributed by atoms with Gasteiger partial charge in [-0.25, -0.2) is 14.4 Å². The summed E-state index contributed by atoms with van der Waals surface area (Å²) in [6.07, 6.45) is 3.33. The predicted octanol–water partition coefficient (Wildman–Crippen LogP) is 3.41. The second-order valence-corrected chi connectivity index (χ2v) is 12.8. The van der Waals surface area contributed by atoms with Gasteiger partial charge in [0.25, 0.3) is 5.91 Å². The number of nitrogens with zero attached hydrogens (tertiary/aromatic N) is 6. The normalized spacial score (nSPS) is 13.8. The molecule has 14 nitrogen and oxygen atoms in total. The number of piperazine rings is 1. The fraction of sp³-hybridized carbons (Fsp3) is 0.444. The molecule has 15 heteroatoms. The number of benzene rings is 2. The van der Waals surface area contributed by atoms with E-state index in [0.717, 1.165) is 44.8 Å². The summed E-state index contributed by atoms with van der Waals surface area (Å²) in [5, 5.41) is 5.86. The molecule has 2 heterocycles. The number of methoxy groups -OCH3 is 1. The van der Waals surface area contributed by atoms with Gasteiger partial charge in [0.15, 0.2) is 11.5 Å². The summed E-state index contributed by atoms with van der Waals surface area (Å²) in [5.41, 5.74) is 7.16. The summed E-state index contributed by atoms with van der Waals surface area (Å²) < 4.78 is 32.0. The molecular formula is C36H48FN9O5. The number of hydrogen-bond donors (Lipinski definition) is 3. The van der Waals surface area contributed by atoms with Gasteiger partial charge in [-0.1, -0.05) is 6.07 Å². The summed E-state index contributed by atoms with van der Waals surface area (Å²) in [6.45, 7) is 14.4. The summed E-state index contributed by atoms with van der Waals surface area (Å²) >= 11 is 0. The quantitative estimate of drug-likeness (QED) is 0.0917. The number of hydrogen-bond acceptors (Lipinski definition) is 13.